The maximum Gasteiger partial charge on any atom is 0.253 e. The van der Waals surface area contributed by atoms with Crippen LogP contribution in [0.25, 0.3) is 39.6 Å². The molecule has 0 spiro atoms. The number of carbonyl (C=O) groups is 2. The standard InChI is InChI=1S/C33H32N4O2/c1-34-32(38)28-6-3-7-29-30(28)37(20-21-16-17-36(19-21)33(39)25-13-14-25)31(35-29)24-11-8-23(9-12-24)27-15-10-22-4-2-5-26(22)18-27/h2-3,5-12,15,18,21,25H,4,13-14,16-17,19-20H2,1H3,(H,34,38)/t21-/m1/s1. The highest BCUT2D eigenvalue weighted by molar-refractivity contribution is 6.05. The van der Waals surface area contributed by atoms with Gasteiger partial charge in [-0.05, 0) is 72.1 Å². The minimum atomic E-state index is -0.119. The molecule has 6 heteroatoms. The molecule has 39 heavy (non-hydrogen) atoms. The molecule has 2 fully saturated rings. The average molecular weight is 517 g/mol. The first-order valence-corrected chi connectivity index (χ1v) is 14.0. The molecule has 2 aliphatic carbocycles. The third-order valence-corrected chi connectivity index (χ3v) is 8.46. The zero-order chi connectivity index (χ0) is 26.5. The molecule has 0 unspecified atom stereocenters. The van der Waals surface area contributed by atoms with Gasteiger partial charge in [0.1, 0.15) is 5.82 Å². The van der Waals surface area contributed by atoms with Crippen LogP contribution in [0.4, 0.5) is 0 Å². The normalized spacial score (nSPS) is 18.1. The molecule has 7 rings (SSSR count). The van der Waals surface area contributed by atoms with Crippen molar-refractivity contribution in [3.8, 4) is 22.5 Å². The molecule has 1 atom stereocenters. The summed E-state index contributed by atoms with van der Waals surface area (Å²) < 4.78 is 2.21. The molecule has 2 amide bonds. The van der Waals surface area contributed by atoms with Crippen molar-refractivity contribution in [1.82, 2.24) is 19.8 Å². The lowest BCUT2D eigenvalue weighted by Crippen LogP contribution is -2.30. The quantitative estimate of drug-likeness (QED) is 0.365. The summed E-state index contributed by atoms with van der Waals surface area (Å²) in [5.41, 5.74) is 8.35. The number of nitrogens with zero attached hydrogens (tertiary/aromatic N) is 3. The molecule has 1 saturated carbocycles. The van der Waals surface area contributed by atoms with E-state index >= 15 is 0 Å². The number of allylic oxidation sites excluding steroid dienone is 1. The van der Waals surface area contributed by atoms with Crippen molar-refractivity contribution in [2.24, 2.45) is 11.8 Å². The predicted molar refractivity (Wildman–Crippen MR) is 154 cm³/mol. The molecule has 3 aliphatic rings. The number of hydrogen-bond donors (Lipinski definition) is 1. The van der Waals surface area contributed by atoms with E-state index < -0.39 is 0 Å². The fourth-order valence-corrected chi connectivity index (χ4v) is 6.17. The van der Waals surface area contributed by atoms with Crippen molar-refractivity contribution in [2.75, 3.05) is 20.1 Å². The topological polar surface area (TPSA) is 67.2 Å². The Bertz CT molecular complexity index is 1630. The molecule has 0 bridgehead atoms. The Labute approximate surface area is 228 Å². The second-order valence-electron chi connectivity index (χ2n) is 11.1. The predicted octanol–water partition coefficient (Wildman–Crippen LogP) is 5.56. The number of imidazole rings is 1. The average Bonchev–Trinajstić information content (AvgIpc) is 3.36. The zero-order valence-electron chi connectivity index (χ0n) is 22.2. The molecule has 6 nitrogen and oxygen atoms in total. The Morgan fingerprint density at radius 3 is 2.56 bits per heavy atom. The molecule has 3 aromatic carbocycles. The highest BCUT2D eigenvalue weighted by atomic mass is 16.2. The van der Waals surface area contributed by atoms with Crippen LogP contribution in [0.15, 0.2) is 66.7 Å². The SMILES string of the molecule is CNC(=O)c1cccc2nc(-c3ccc(-c4ccc5c(c4)C=CC5)cc3)n(C[C@@H]3CCN(C(=O)C4CC4)C3)c12. The highest BCUT2D eigenvalue weighted by Crippen LogP contribution is 2.35. The Morgan fingerprint density at radius 1 is 0.974 bits per heavy atom. The van der Waals surface area contributed by atoms with E-state index in [1.54, 1.807) is 7.05 Å². The fraction of sp³-hybridized carbons (Fsp3) is 0.303. The summed E-state index contributed by atoms with van der Waals surface area (Å²) in [6.45, 7) is 2.30. The van der Waals surface area contributed by atoms with E-state index in [2.05, 4.69) is 64.5 Å². The van der Waals surface area contributed by atoms with Crippen LogP contribution in [0.1, 0.15) is 40.7 Å². The maximum atomic E-state index is 12.9. The highest BCUT2D eigenvalue weighted by Gasteiger charge is 2.37. The summed E-state index contributed by atoms with van der Waals surface area (Å²) >= 11 is 0. The van der Waals surface area contributed by atoms with Gasteiger partial charge in [0.2, 0.25) is 5.91 Å². The molecule has 0 radical (unpaired) electrons. The van der Waals surface area contributed by atoms with E-state index in [1.807, 2.05) is 23.1 Å². The van der Waals surface area contributed by atoms with Gasteiger partial charge in [-0.1, -0.05) is 54.6 Å². The molecular formula is C33H32N4O2. The fourth-order valence-electron chi connectivity index (χ4n) is 6.17. The van der Waals surface area contributed by atoms with E-state index in [0.29, 0.717) is 23.9 Å². The van der Waals surface area contributed by atoms with Crippen molar-refractivity contribution in [3.05, 3.63) is 83.4 Å². The van der Waals surface area contributed by atoms with Crippen LogP contribution in [-0.4, -0.2) is 46.4 Å². The molecular weight excluding hydrogens is 484 g/mol. The zero-order valence-corrected chi connectivity index (χ0v) is 22.2. The van der Waals surface area contributed by atoms with Crippen molar-refractivity contribution < 1.29 is 9.59 Å². The van der Waals surface area contributed by atoms with Gasteiger partial charge >= 0.3 is 0 Å². The van der Waals surface area contributed by atoms with Crippen LogP contribution in [0.2, 0.25) is 0 Å². The Kier molecular flexibility index (Phi) is 5.84. The van der Waals surface area contributed by atoms with Crippen LogP contribution < -0.4 is 5.32 Å². The van der Waals surface area contributed by atoms with Crippen molar-refractivity contribution >= 4 is 28.9 Å². The number of nitrogens with one attached hydrogen (secondary N) is 1. The summed E-state index contributed by atoms with van der Waals surface area (Å²) in [6, 6.07) is 21.0. The number of benzene rings is 3. The number of fused-ring (bicyclic) bond motifs is 2. The Hall–Kier alpha value is -4.19. The van der Waals surface area contributed by atoms with E-state index in [4.69, 9.17) is 4.98 Å². The van der Waals surface area contributed by atoms with Crippen LogP contribution in [0.3, 0.4) is 0 Å². The van der Waals surface area contributed by atoms with E-state index in [9.17, 15) is 9.59 Å². The van der Waals surface area contributed by atoms with Crippen LogP contribution in [-0.2, 0) is 17.8 Å². The Balaban J connectivity index is 1.25. The van der Waals surface area contributed by atoms with Crippen molar-refractivity contribution in [1.29, 1.82) is 0 Å². The second-order valence-corrected chi connectivity index (χ2v) is 11.1. The van der Waals surface area contributed by atoms with Gasteiger partial charge in [-0.2, -0.15) is 0 Å². The van der Waals surface area contributed by atoms with Gasteiger partial charge in [-0.25, -0.2) is 4.98 Å². The van der Waals surface area contributed by atoms with E-state index in [-0.39, 0.29) is 11.8 Å². The van der Waals surface area contributed by atoms with Crippen molar-refractivity contribution in [2.45, 2.75) is 32.2 Å². The number of rotatable bonds is 6. The van der Waals surface area contributed by atoms with Gasteiger partial charge in [0.25, 0.3) is 5.91 Å². The molecule has 2 heterocycles. The number of aromatic nitrogens is 2. The van der Waals surface area contributed by atoms with Gasteiger partial charge in [0.15, 0.2) is 0 Å². The maximum absolute atomic E-state index is 12.9. The molecule has 1 aromatic heterocycles. The van der Waals surface area contributed by atoms with E-state index in [0.717, 1.165) is 61.2 Å². The summed E-state index contributed by atoms with van der Waals surface area (Å²) in [5.74, 6) is 1.62. The Morgan fingerprint density at radius 2 is 1.77 bits per heavy atom. The number of carbonyl (C=O) groups excluding carboxylic acids is 2. The van der Waals surface area contributed by atoms with Gasteiger partial charge in [-0.3, -0.25) is 9.59 Å². The van der Waals surface area contributed by atoms with Crippen LogP contribution in [0, 0.1) is 11.8 Å². The molecule has 1 saturated heterocycles. The number of amides is 2. The number of para-hydroxylation sites is 1. The minimum Gasteiger partial charge on any atom is -0.355 e. The summed E-state index contributed by atoms with van der Waals surface area (Å²) in [4.78, 5) is 32.6. The van der Waals surface area contributed by atoms with Gasteiger partial charge in [0.05, 0.1) is 16.6 Å². The lowest BCUT2D eigenvalue weighted by Gasteiger charge is -2.18. The minimum absolute atomic E-state index is 0.119. The van der Waals surface area contributed by atoms with Gasteiger partial charge in [0, 0.05) is 38.2 Å². The first-order chi connectivity index (χ1) is 19.1. The first-order valence-electron chi connectivity index (χ1n) is 14.0. The number of hydrogen-bond acceptors (Lipinski definition) is 3. The summed E-state index contributed by atoms with van der Waals surface area (Å²) in [6.07, 6.45) is 8.44. The van der Waals surface area contributed by atoms with Crippen LogP contribution >= 0.6 is 0 Å². The first kappa shape index (κ1) is 23.9. The second kappa shape index (κ2) is 9.53. The molecule has 196 valence electrons. The lowest BCUT2D eigenvalue weighted by molar-refractivity contribution is -0.131. The van der Waals surface area contributed by atoms with Crippen molar-refractivity contribution in [3.63, 3.8) is 0 Å². The summed E-state index contributed by atoms with van der Waals surface area (Å²) in [5, 5.41) is 2.79. The van der Waals surface area contributed by atoms with E-state index in [1.165, 1.54) is 22.3 Å². The van der Waals surface area contributed by atoms with Crippen LogP contribution in [0.5, 0.6) is 0 Å². The third kappa shape index (κ3) is 4.34. The smallest absolute Gasteiger partial charge is 0.253 e. The third-order valence-electron chi connectivity index (χ3n) is 8.46. The number of likely N-dealkylation sites (tertiary alicyclic amines) is 1. The largest absolute Gasteiger partial charge is 0.355 e. The van der Waals surface area contributed by atoms with Gasteiger partial charge in [-0.15, -0.1) is 0 Å². The monoisotopic (exact) mass is 516 g/mol. The molecule has 1 N–H and O–H groups in total. The molecule has 4 aromatic rings. The summed E-state index contributed by atoms with van der Waals surface area (Å²) in [7, 11) is 1.66. The molecule has 1 aliphatic heterocycles. The van der Waals surface area contributed by atoms with Gasteiger partial charge < -0.3 is 14.8 Å². The lowest BCUT2D eigenvalue weighted by atomic mass is 9.99.